The lowest BCUT2D eigenvalue weighted by atomic mass is 10.2. The van der Waals surface area contributed by atoms with Crippen molar-refractivity contribution in [1.82, 2.24) is 29.9 Å². The van der Waals surface area contributed by atoms with Gasteiger partial charge in [-0.3, -0.25) is 14.7 Å². The Labute approximate surface area is 163 Å². The Morgan fingerprint density at radius 3 is 2.39 bits per heavy atom. The number of hydrogen-bond acceptors (Lipinski definition) is 7. The normalized spacial score (nSPS) is 15.0. The van der Waals surface area contributed by atoms with Crippen LogP contribution in [0.5, 0.6) is 0 Å². The van der Waals surface area contributed by atoms with E-state index in [1.807, 2.05) is 31.2 Å². The van der Waals surface area contributed by atoms with Gasteiger partial charge in [-0.05, 0) is 37.3 Å². The van der Waals surface area contributed by atoms with Crippen LogP contribution in [-0.2, 0) is 6.54 Å². The summed E-state index contributed by atoms with van der Waals surface area (Å²) in [5.41, 5.74) is 2.59. The van der Waals surface area contributed by atoms with E-state index in [1.54, 1.807) is 29.2 Å². The summed E-state index contributed by atoms with van der Waals surface area (Å²) in [5, 5.41) is 12.9. The van der Waals surface area contributed by atoms with Crippen molar-refractivity contribution in [2.24, 2.45) is 0 Å². The third-order valence-corrected chi connectivity index (χ3v) is 4.95. The minimum Gasteiger partial charge on any atom is -0.353 e. The summed E-state index contributed by atoms with van der Waals surface area (Å²) in [6.45, 7) is 6.95. The maximum absolute atomic E-state index is 12.2. The molecule has 4 rings (SSSR count). The maximum atomic E-state index is 12.2. The average Bonchev–Trinajstić information content (AvgIpc) is 2.75. The first-order chi connectivity index (χ1) is 13.7. The molecule has 4 heterocycles. The molecule has 8 nitrogen and oxygen atoms in total. The van der Waals surface area contributed by atoms with Gasteiger partial charge in [0.1, 0.15) is 0 Å². The number of hydrogen-bond donors (Lipinski definition) is 0. The quantitative estimate of drug-likeness (QED) is 0.661. The first-order valence-corrected chi connectivity index (χ1v) is 9.45. The number of piperazine rings is 1. The lowest BCUT2D eigenvalue weighted by Crippen LogP contribution is -2.48. The molecule has 1 aliphatic heterocycles. The minimum atomic E-state index is -0.0774. The van der Waals surface area contributed by atoms with E-state index in [-0.39, 0.29) is 5.56 Å². The zero-order chi connectivity index (χ0) is 19.3. The van der Waals surface area contributed by atoms with E-state index in [1.165, 1.54) is 0 Å². The van der Waals surface area contributed by atoms with Gasteiger partial charge in [-0.15, -0.1) is 5.10 Å². The molecule has 3 aromatic rings. The molecule has 3 aromatic heterocycles. The van der Waals surface area contributed by atoms with Crippen molar-refractivity contribution < 1.29 is 0 Å². The topological polar surface area (TPSA) is 80.0 Å². The lowest BCUT2D eigenvalue weighted by molar-refractivity contribution is 0.242. The third kappa shape index (κ3) is 4.23. The van der Waals surface area contributed by atoms with Crippen LogP contribution in [0.15, 0.2) is 53.6 Å². The Bertz CT molecular complexity index is 964. The van der Waals surface area contributed by atoms with E-state index in [4.69, 9.17) is 0 Å². The number of rotatable bonds is 5. The minimum absolute atomic E-state index is 0.0774. The molecule has 1 aliphatic rings. The second-order valence-corrected chi connectivity index (χ2v) is 6.88. The zero-order valence-electron chi connectivity index (χ0n) is 15.9. The molecule has 0 atom stereocenters. The lowest BCUT2D eigenvalue weighted by Gasteiger charge is -2.35. The van der Waals surface area contributed by atoms with Crippen molar-refractivity contribution in [3.05, 3.63) is 64.8 Å². The van der Waals surface area contributed by atoms with Gasteiger partial charge in [0.05, 0.1) is 17.9 Å². The van der Waals surface area contributed by atoms with Crippen LogP contribution in [0.1, 0.15) is 5.69 Å². The molecular weight excluding hydrogens is 354 g/mol. The molecule has 28 heavy (non-hydrogen) atoms. The van der Waals surface area contributed by atoms with Crippen molar-refractivity contribution in [3.63, 3.8) is 0 Å². The molecule has 0 radical (unpaired) electrons. The van der Waals surface area contributed by atoms with Gasteiger partial charge in [-0.25, -0.2) is 4.68 Å². The SMILES string of the molecule is Cc1ccc(N2CCN(CCn3nc(-c4ccncc4)ccc3=O)CC2)nn1. The number of aromatic nitrogens is 5. The van der Waals surface area contributed by atoms with E-state index >= 15 is 0 Å². The van der Waals surface area contributed by atoms with Gasteiger partial charge in [0, 0.05) is 56.7 Å². The third-order valence-electron chi connectivity index (χ3n) is 4.95. The van der Waals surface area contributed by atoms with Gasteiger partial charge in [-0.2, -0.15) is 10.2 Å². The van der Waals surface area contributed by atoms with Crippen LogP contribution in [-0.4, -0.2) is 62.6 Å². The van der Waals surface area contributed by atoms with Gasteiger partial charge < -0.3 is 4.90 Å². The summed E-state index contributed by atoms with van der Waals surface area (Å²) in [6.07, 6.45) is 3.45. The standard InChI is InChI=1S/C20H23N7O/c1-16-2-4-19(23-22-16)26-13-10-25(11-14-26)12-15-27-20(28)5-3-18(24-27)17-6-8-21-9-7-17/h2-9H,10-15H2,1H3. The Kier molecular flexibility index (Phi) is 5.38. The van der Waals surface area contributed by atoms with Crippen molar-refractivity contribution in [2.75, 3.05) is 37.6 Å². The first kappa shape index (κ1) is 18.2. The van der Waals surface area contributed by atoms with Crippen molar-refractivity contribution in [2.45, 2.75) is 13.5 Å². The first-order valence-electron chi connectivity index (χ1n) is 9.45. The zero-order valence-corrected chi connectivity index (χ0v) is 15.9. The highest BCUT2D eigenvalue weighted by Gasteiger charge is 2.18. The molecule has 0 bridgehead atoms. The Morgan fingerprint density at radius 1 is 0.893 bits per heavy atom. The van der Waals surface area contributed by atoms with E-state index in [0.29, 0.717) is 6.54 Å². The van der Waals surface area contributed by atoms with Gasteiger partial charge in [-0.1, -0.05) is 0 Å². The fourth-order valence-corrected chi connectivity index (χ4v) is 3.28. The predicted molar refractivity (Wildman–Crippen MR) is 107 cm³/mol. The molecule has 144 valence electrons. The van der Waals surface area contributed by atoms with Crippen LogP contribution in [0, 0.1) is 6.92 Å². The van der Waals surface area contributed by atoms with E-state index in [9.17, 15) is 4.79 Å². The van der Waals surface area contributed by atoms with Crippen LogP contribution < -0.4 is 10.5 Å². The molecule has 1 fully saturated rings. The Hall–Kier alpha value is -3.13. The Morgan fingerprint density at radius 2 is 1.68 bits per heavy atom. The molecule has 1 saturated heterocycles. The highest BCUT2D eigenvalue weighted by molar-refractivity contribution is 5.56. The molecule has 0 unspecified atom stereocenters. The van der Waals surface area contributed by atoms with Crippen LogP contribution in [0.25, 0.3) is 11.3 Å². The van der Waals surface area contributed by atoms with Gasteiger partial charge in [0.25, 0.3) is 5.56 Å². The van der Waals surface area contributed by atoms with Crippen LogP contribution in [0.2, 0.25) is 0 Å². The molecule has 0 aromatic carbocycles. The number of anilines is 1. The van der Waals surface area contributed by atoms with Crippen LogP contribution in [0.3, 0.4) is 0 Å². The van der Waals surface area contributed by atoms with Crippen LogP contribution >= 0.6 is 0 Å². The molecular formula is C20H23N7O. The highest BCUT2D eigenvalue weighted by Crippen LogP contribution is 2.14. The van der Waals surface area contributed by atoms with Gasteiger partial charge in [0.15, 0.2) is 5.82 Å². The van der Waals surface area contributed by atoms with Gasteiger partial charge >= 0.3 is 0 Å². The fraction of sp³-hybridized carbons (Fsp3) is 0.350. The molecule has 0 spiro atoms. The largest absolute Gasteiger partial charge is 0.353 e. The van der Waals surface area contributed by atoms with Crippen molar-refractivity contribution >= 4 is 5.82 Å². The number of pyridine rings is 1. The Balaban J connectivity index is 1.35. The highest BCUT2D eigenvalue weighted by atomic mass is 16.1. The second kappa shape index (κ2) is 8.26. The molecule has 0 saturated carbocycles. The predicted octanol–water partition coefficient (Wildman–Crippen LogP) is 1.23. The molecule has 0 amide bonds. The second-order valence-electron chi connectivity index (χ2n) is 6.88. The summed E-state index contributed by atoms with van der Waals surface area (Å²) in [6, 6.07) is 11.1. The average molecular weight is 377 g/mol. The summed E-state index contributed by atoms with van der Waals surface area (Å²) in [4.78, 5) is 20.8. The summed E-state index contributed by atoms with van der Waals surface area (Å²) < 4.78 is 1.55. The summed E-state index contributed by atoms with van der Waals surface area (Å²) in [5.74, 6) is 0.924. The van der Waals surface area contributed by atoms with E-state index in [2.05, 4.69) is 30.1 Å². The number of aryl methyl sites for hydroxylation is 1. The fourth-order valence-electron chi connectivity index (χ4n) is 3.28. The van der Waals surface area contributed by atoms with Crippen molar-refractivity contribution in [3.8, 4) is 11.3 Å². The monoisotopic (exact) mass is 377 g/mol. The van der Waals surface area contributed by atoms with Crippen LogP contribution in [0.4, 0.5) is 5.82 Å². The molecule has 0 aliphatic carbocycles. The summed E-state index contributed by atoms with van der Waals surface area (Å²) >= 11 is 0. The van der Waals surface area contributed by atoms with Crippen molar-refractivity contribution in [1.29, 1.82) is 0 Å². The van der Waals surface area contributed by atoms with E-state index < -0.39 is 0 Å². The smallest absolute Gasteiger partial charge is 0.266 e. The maximum Gasteiger partial charge on any atom is 0.266 e. The van der Waals surface area contributed by atoms with Gasteiger partial charge in [0.2, 0.25) is 0 Å². The van der Waals surface area contributed by atoms with E-state index in [0.717, 1.165) is 55.5 Å². The molecule has 8 heteroatoms. The number of nitrogens with zero attached hydrogens (tertiary/aromatic N) is 7. The summed E-state index contributed by atoms with van der Waals surface area (Å²) in [7, 11) is 0. The molecule has 0 N–H and O–H groups in total.